The first-order chi connectivity index (χ1) is 13.9. The summed E-state index contributed by atoms with van der Waals surface area (Å²) >= 11 is 5.18. The van der Waals surface area contributed by atoms with Crippen LogP contribution in [0.15, 0.2) is 53.6 Å². The largest absolute Gasteiger partial charge is 0.484 e. The number of benzene rings is 2. The lowest BCUT2D eigenvalue weighted by atomic mass is 10.1. The predicted octanol–water partition coefficient (Wildman–Crippen LogP) is 3.78. The molecule has 2 rings (SSSR count). The van der Waals surface area contributed by atoms with Crippen molar-refractivity contribution in [1.29, 1.82) is 0 Å². The van der Waals surface area contributed by atoms with Crippen molar-refractivity contribution in [2.75, 3.05) is 25.0 Å². The summed E-state index contributed by atoms with van der Waals surface area (Å²) in [6.07, 6.45) is 0. The van der Waals surface area contributed by atoms with E-state index in [-0.39, 0.29) is 18.3 Å². The van der Waals surface area contributed by atoms with Gasteiger partial charge in [0, 0.05) is 18.8 Å². The van der Waals surface area contributed by atoms with E-state index >= 15 is 0 Å². The molecule has 2 aromatic carbocycles. The molecule has 29 heavy (non-hydrogen) atoms. The average Bonchev–Trinajstić information content (AvgIpc) is 2.73. The van der Waals surface area contributed by atoms with Crippen molar-refractivity contribution in [2.45, 2.75) is 20.8 Å². The first-order valence-corrected chi connectivity index (χ1v) is 9.71. The molecule has 0 aliphatic rings. The summed E-state index contributed by atoms with van der Waals surface area (Å²) in [5.41, 5.74) is 5.02. The first kappa shape index (κ1) is 22.3. The van der Waals surface area contributed by atoms with Gasteiger partial charge < -0.3 is 15.0 Å². The van der Waals surface area contributed by atoms with Crippen molar-refractivity contribution in [1.82, 2.24) is 10.3 Å². The van der Waals surface area contributed by atoms with Gasteiger partial charge in [-0.05, 0) is 87.1 Å². The molecule has 0 spiro atoms. The second-order valence-electron chi connectivity index (χ2n) is 6.15. The molecule has 0 unspecified atom stereocenters. The van der Waals surface area contributed by atoms with Gasteiger partial charge in [-0.1, -0.05) is 0 Å². The number of ether oxygens (including phenoxy) is 1. The number of amides is 1. The van der Waals surface area contributed by atoms with Gasteiger partial charge in [-0.2, -0.15) is 5.10 Å². The van der Waals surface area contributed by atoms with E-state index in [0.29, 0.717) is 29.6 Å². The smallest absolute Gasteiger partial charge is 0.260 e. The van der Waals surface area contributed by atoms with Gasteiger partial charge in [0.05, 0.1) is 5.71 Å². The number of hydrogen-bond donors (Lipinski definition) is 2. The molecule has 0 aliphatic heterocycles. The summed E-state index contributed by atoms with van der Waals surface area (Å²) in [4.78, 5) is 13.7. The van der Waals surface area contributed by atoms with Crippen LogP contribution in [0.25, 0.3) is 0 Å². The molecule has 0 fully saturated rings. The lowest BCUT2D eigenvalue weighted by Crippen LogP contribution is -2.34. The summed E-state index contributed by atoms with van der Waals surface area (Å²) in [6.45, 7) is 7.06. The monoisotopic (exact) mass is 416 g/mol. The van der Waals surface area contributed by atoms with Crippen molar-refractivity contribution < 1.29 is 13.9 Å². The average molecular weight is 417 g/mol. The number of nitrogens with one attached hydrogen (secondary N) is 2. The molecule has 0 atom stereocenters. The number of hydrogen-bond acceptors (Lipinski definition) is 4. The van der Waals surface area contributed by atoms with Gasteiger partial charge in [-0.25, -0.2) is 4.39 Å². The number of hydrazone groups is 1. The Morgan fingerprint density at radius 3 is 2.31 bits per heavy atom. The zero-order chi connectivity index (χ0) is 21.2. The van der Waals surface area contributed by atoms with Crippen LogP contribution in [0.1, 0.15) is 26.3 Å². The minimum atomic E-state index is -0.312. The van der Waals surface area contributed by atoms with Crippen molar-refractivity contribution in [2.24, 2.45) is 5.10 Å². The molecule has 2 aromatic rings. The molecule has 8 heteroatoms. The molecule has 0 radical (unpaired) electrons. The fourth-order valence-corrected chi connectivity index (χ4v) is 2.66. The third-order valence-electron chi connectivity index (χ3n) is 4.18. The highest BCUT2D eigenvalue weighted by Gasteiger charge is 2.10. The quantitative estimate of drug-likeness (QED) is 0.389. The summed E-state index contributed by atoms with van der Waals surface area (Å²) in [5.74, 6) is 0.264. The highest BCUT2D eigenvalue weighted by atomic mass is 32.1. The third kappa shape index (κ3) is 7.15. The van der Waals surface area contributed by atoms with Gasteiger partial charge in [0.2, 0.25) is 0 Å². The van der Waals surface area contributed by atoms with E-state index in [2.05, 4.69) is 15.8 Å². The fraction of sp³-hybridized carbons (Fsp3) is 0.286. The maximum Gasteiger partial charge on any atom is 0.260 e. The maximum atomic E-state index is 12.9. The van der Waals surface area contributed by atoms with Gasteiger partial charge in [-0.15, -0.1) is 0 Å². The molecule has 0 saturated carbocycles. The van der Waals surface area contributed by atoms with Crippen LogP contribution < -0.4 is 15.5 Å². The van der Waals surface area contributed by atoms with Crippen LogP contribution in [-0.4, -0.2) is 41.3 Å². The number of nitrogens with zero attached hydrogens (tertiary/aromatic N) is 2. The third-order valence-corrected chi connectivity index (χ3v) is 4.37. The van der Waals surface area contributed by atoms with E-state index in [1.807, 2.05) is 32.9 Å². The van der Waals surface area contributed by atoms with Gasteiger partial charge >= 0.3 is 0 Å². The number of thiocarbonyl (C=S) groups is 1. The lowest BCUT2D eigenvalue weighted by Gasteiger charge is -2.18. The number of carbonyl (C=O) groups excluding carboxylic acids is 1. The zero-order valence-electron chi connectivity index (χ0n) is 16.7. The number of likely N-dealkylation sites (N-methyl/N-ethyl adjacent to an activating group) is 1. The van der Waals surface area contributed by atoms with Crippen LogP contribution in [0.4, 0.5) is 10.1 Å². The lowest BCUT2D eigenvalue weighted by molar-refractivity contribution is -0.132. The van der Waals surface area contributed by atoms with E-state index in [0.717, 1.165) is 11.3 Å². The summed E-state index contributed by atoms with van der Waals surface area (Å²) in [7, 11) is 0. The molecule has 0 aromatic heterocycles. The number of carbonyl (C=O) groups is 1. The van der Waals surface area contributed by atoms with Crippen molar-refractivity contribution in [3.63, 3.8) is 0 Å². The first-order valence-electron chi connectivity index (χ1n) is 9.30. The summed E-state index contributed by atoms with van der Waals surface area (Å²) in [5, 5.41) is 7.46. The summed E-state index contributed by atoms with van der Waals surface area (Å²) in [6, 6.07) is 13.2. The Kier molecular flexibility index (Phi) is 8.54. The number of rotatable bonds is 8. The standard InChI is InChI=1S/C21H25FN4O2S/c1-4-26(5-2)20(27)14-28-19-12-6-16(7-13-19)15(3)24-25-21(29)23-18-10-8-17(22)9-11-18/h6-13H,4-5,14H2,1-3H3,(H2,23,25,29)/b24-15-. The van der Waals surface area contributed by atoms with E-state index in [1.54, 1.807) is 29.2 Å². The Bertz CT molecular complexity index is 850. The molecule has 0 heterocycles. The van der Waals surface area contributed by atoms with Gasteiger partial charge in [0.25, 0.3) is 5.91 Å². The Hall–Kier alpha value is -3.00. The van der Waals surface area contributed by atoms with Gasteiger partial charge in [0.1, 0.15) is 11.6 Å². The molecule has 0 saturated heterocycles. The Morgan fingerprint density at radius 1 is 1.10 bits per heavy atom. The molecule has 1 amide bonds. The second-order valence-corrected chi connectivity index (χ2v) is 6.56. The fourth-order valence-electron chi connectivity index (χ4n) is 2.50. The van der Waals surface area contributed by atoms with E-state index in [4.69, 9.17) is 17.0 Å². The maximum absolute atomic E-state index is 12.9. The highest BCUT2D eigenvalue weighted by Crippen LogP contribution is 2.13. The summed E-state index contributed by atoms with van der Waals surface area (Å²) < 4.78 is 18.5. The zero-order valence-corrected chi connectivity index (χ0v) is 17.6. The minimum absolute atomic E-state index is 0.0129. The normalized spacial score (nSPS) is 11.0. The van der Waals surface area contributed by atoms with Crippen LogP contribution in [0.2, 0.25) is 0 Å². The van der Waals surface area contributed by atoms with Crippen molar-refractivity contribution in [3.8, 4) is 5.75 Å². The van der Waals surface area contributed by atoms with E-state index in [1.165, 1.54) is 12.1 Å². The second kappa shape index (κ2) is 11.1. The van der Waals surface area contributed by atoms with Gasteiger partial charge in [-0.3, -0.25) is 10.2 Å². The van der Waals surface area contributed by atoms with Crippen molar-refractivity contribution >= 4 is 34.6 Å². The van der Waals surface area contributed by atoms with Crippen LogP contribution in [-0.2, 0) is 4.79 Å². The van der Waals surface area contributed by atoms with Crippen molar-refractivity contribution in [3.05, 3.63) is 59.9 Å². The Labute approximate surface area is 175 Å². The number of halogens is 1. The van der Waals surface area contributed by atoms with Crippen LogP contribution in [0.5, 0.6) is 5.75 Å². The van der Waals surface area contributed by atoms with E-state index < -0.39 is 0 Å². The van der Waals surface area contributed by atoms with Crippen LogP contribution in [0, 0.1) is 5.82 Å². The Morgan fingerprint density at radius 2 is 1.72 bits per heavy atom. The Balaban J connectivity index is 1.87. The minimum Gasteiger partial charge on any atom is -0.484 e. The number of anilines is 1. The molecule has 154 valence electrons. The van der Waals surface area contributed by atoms with E-state index in [9.17, 15) is 9.18 Å². The highest BCUT2D eigenvalue weighted by molar-refractivity contribution is 7.80. The molecule has 0 bridgehead atoms. The molecule has 6 nitrogen and oxygen atoms in total. The van der Waals surface area contributed by atoms with Gasteiger partial charge in [0.15, 0.2) is 11.7 Å². The molecule has 0 aliphatic carbocycles. The SMILES string of the molecule is CCN(CC)C(=O)COc1ccc(/C(C)=N\NC(=S)Nc2ccc(F)cc2)cc1. The molecule has 2 N–H and O–H groups in total. The van der Waals surface area contributed by atoms with Crippen LogP contribution in [0.3, 0.4) is 0 Å². The molecular formula is C21H25FN4O2S. The topological polar surface area (TPSA) is 66.0 Å². The predicted molar refractivity (Wildman–Crippen MR) is 118 cm³/mol. The molecular weight excluding hydrogens is 391 g/mol. The van der Waals surface area contributed by atoms with Crippen LogP contribution >= 0.6 is 12.2 Å².